The van der Waals surface area contributed by atoms with E-state index in [1.54, 1.807) is 0 Å². The first kappa shape index (κ1) is 18.9. The van der Waals surface area contributed by atoms with Crippen molar-refractivity contribution in [2.45, 2.75) is 82.8 Å². The summed E-state index contributed by atoms with van der Waals surface area (Å²) in [5.74, 6) is 2.44. The summed E-state index contributed by atoms with van der Waals surface area (Å²) >= 11 is 0. The molecule has 0 saturated carbocycles. The Bertz CT molecular complexity index is 626. The SMILES string of the molecule is O=C(NCCCc1nnc2n1CCCCC2)C1CCCN1C1CCOCC1. The van der Waals surface area contributed by atoms with E-state index < -0.39 is 0 Å². The standard InChI is InChI=1S/C20H33N5O2/c26-20(17-6-5-13-24(17)16-9-14-27-15-10-16)21-11-4-8-19-23-22-18-7-2-1-3-12-25(18)19/h16-17H,1-15H2,(H,21,26). The number of aryl methyl sites for hydroxylation is 2. The molecule has 150 valence electrons. The molecule has 0 bridgehead atoms. The number of fused-ring (bicyclic) bond motifs is 1. The molecule has 7 heteroatoms. The summed E-state index contributed by atoms with van der Waals surface area (Å²) in [6.45, 7) is 4.48. The van der Waals surface area contributed by atoms with Gasteiger partial charge in [-0.1, -0.05) is 6.42 Å². The van der Waals surface area contributed by atoms with Gasteiger partial charge >= 0.3 is 0 Å². The van der Waals surface area contributed by atoms with Crippen LogP contribution in [0.4, 0.5) is 0 Å². The second kappa shape index (κ2) is 9.15. The number of ether oxygens (including phenoxy) is 1. The second-order valence-electron chi connectivity index (χ2n) is 8.13. The van der Waals surface area contributed by atoms with Gasteiger partial charge in [0.25, 0.3) is 0 Å². The molecule has 3 aliphatic rings. The monoisotopic (exact) mass is 375 g/mol. The van der Waals surface area contributed by atoms with Crippen LogP contribution in [-0.4, -0.2) is 64.0 Å². The van der Waals surface area contributed by atoms with E-state index >= 15 is 0 Å². The molecule has 4 heterocycles. The predicted octanol–water partition coefficient (Wildman–Crippen LogP) is 1.70. The van der Waals surface area contributed by atoms with Crippen LogP contribution >= 0.6 is 0 Å². The lowest BCUT2D eigenvalue weighted by molar-refractivity contribution is -0.126. The zero-order chi connectivity index (χ0) is 18.5. The molecule has 7 nitrogen and oxygen atoms in total. The lowest BCUT2D eigenvalue weighted by atomic mass is 10.1. The topological polar surface area (TPSA) is 72.3 Å². The number of nitrogens with zero attached hydrogens (tertiary/aromatic N) is 4. The largest absolute Gasteiger partial charge is 0.381 e. The van der Waals surface area contributed by atoms with Gasteiger partial charge in [-0.05, 0) is 51.5 Å². The molecular formula is C20H33N5O2. The number of aromatic nitrogens is 3. The van der Waals surface area contributed by atoms with Crippen LogP contribution in [0.5, 0.6) is 0 Å². The molecule has 0 spiro atoms. The van der Waals surface area contributed by atoms with Crippen molar-refractivity contribution in [1.29, 1.82) is 0 Å². The smallest absolute Gasteiger partial charge is 0.237 e. The average Bonchev–Trinajstić information content (AvgIpc) is 3.27. The first-order valence-corrected chi connectivity index (χ1v) is 10.8. The van der Waals surface area contributed by atoms with Crippen molar-refractivity contribution >= 4 is 5.91 Å². The summed E-state index contributed by atoms with van der Waals surface area (Å²) in [5.41, 5.74) is 0. The van der Waals surface area contributed by atoms with E-state index in [0.29, 0.717) is 6.04 Å². The third-order valence-corrected chi connectivity index (χ3v) is 6.32. The highest BCUT2D eigenvalue weighted by molar-refractivity contribution is 5.82. The van der Waals surface area contributed by atoms with Crippen LogP contribution in [-0.2, 0) is 28.9 Å². The summed E-state index contributed by atoms with van der Waals surface area (Å²) in [7, 11) is 0. The molecule has 27 heavy (non-hydrogen) atoms. The van der Waals surface area contributed by atoms with E-state index in [-0.39, 0.29) is 11.9 Å². The molecule has 0 aromatic carbocycles. The number of amides is 1. The van der Waals surface area contributed by atoms with Gasteiger partial charge in [0.05, 0.1) is 6.04 Å². The molecular weight excluding hydrogens is 342 g/mol. The van der Waals surface area contributed by atoms with Crippen molar-refractivity contribution in [2.75, 3.05) is 26.3 Å². The molecule has 2 saturated heterocycles. The minimum Gasteiger partial charge on any atom is -0.381 e. The molecule has 3 aliphatic heterocycles. The van der Waals surface area contributed by atoms with Gasteiger partial charge in [-0.15, -0.1) is 10.2 Å². The van der Waals surface area contributed by atoms with Crippen LogP contribution in [0.2, 0.25) is 0 Å². The number of likely N-dealkylation sites (tertiary alicyclic amines) is 1. The molecule has 0 aliphatic carbocycles. The van der Waals surface area contributed by atoms with E-state index in [1.807, 2.05) is 0 Å². The Hall–Kier alpha value is -1.47. The highest BCUT2D eigenvalue weighted by Crippen LogP contribution is 2.25. The van der Waals surface area contributed by atoms with Gasteiger partial charge < -0.3 is 14.6 Å². The van der Waals surface area contributed by atoms with E-state index in [4.69, 9.17) is 4.74 Å². The van der Waals surface area contributed by atoms with Crippen LogP contribution in [0.15, 0.2) is 0 Å². The summed E-state index contributed by atoms with van der Waals surface area (Å²) in [6, 6.07) is 0.570. The van der Waals surface area contributed by atoms with Crippen molar-refractivity contribution in [3.05, 3.63) is 11.6 Å². The Labute approximate surface area is 161 Å². The van der Waals surface area contributed by atoms with Gasteiger partial charge in [-0.2, -0.15) is 0 Å². The second-order valence-corrected chi connectivity index (χ2v) is 8.13. The Kier molecular flexibility index (Phi) is 6.39. The lowest BCUT2D eigenvalue weighted by Gasteiger charge is -2.34. The number of hydrogen-bond acceptors (Lipinski definition) is 5. The maximum absolute atomic E-state index is 12.7. The van der Waals surface area contributed by atoms with Crippen molar-refractivity contribution in [2.24, 2.45) is 0 Å². The molecule has 2 fully saturated rings. The van der Waals surface area contributed by atoms with Gasteiger partial charge in [0.15, 0.2) is 0 Å². The molecule has 1 N–H and O–H groups in total. The molecule has 1 amide bonds. The Morgan fingerprint density at radius 3 is 2.85 bits per heavy atom. The number of carbonyl (C=O) groups excluding carboxylic acids is 1. The molecule has 1 atom stereocenters. The third kappa shape index (κ3) is 4.51. The molecule has 0 radical (unpaired) electrons. The highest BCUT2D eigenvalue weighted by atomic mass is 16.5. The van der Waals surface area contributed by atoms with Crippen LogP contribution in [0.1, 0.15) is 63.0 Å². The fraction of sp³-hybridized carbons (Fsp3) is 0.850. The van der Waals surface area contributed by atoms with E-state index in [1.165, 1.54) is 19.3 Å². The maximum atomic E-state index is 12.7. The zero-order valence-corrected chi connectivity index (χ0v) is 16.4. The minimum atomic E-state index is 0.0532. The number of carbonyl (C=O) groups is 1. The lowest BCUT2D eigenvalue weighted by Crippen LogP contribution is -2.49. The number of hydrogen-bond donors (Lipinski definition) is 1. The van der Waals surface area contributed by atoms with Gasteiger partial charge in [0, 0.05) is 45.2 Å². The summed E-state index contributed by atoms with van der Waals surface area (Å²) < 4.78 is 7.78. The maximum Gasteiger partial charge on any atom is 0.237 e. The highest BCUT2D eigenvalue weighted by Gasteiger charge is 2.35. The Morgan fingerprint density at radius 1 is 1.07 bits per heavy atom. The quantitative estimate of drug-likeness (QED) is 0.766. The minimum absolute atomic E-state index is 0.0532. The van der Waals surface area contributed by atoms with Crippen LogP contribution < -0.4 is 5.32 Å². The predicted molar refractivity (Wildman–Crippen MR) is 102 cm³/mol. The van der Waals surface area contributed by atoms with Gasteiger partial charge in [-0.3, -0.25) is 9.69 Å². The van der Waals surface area contributed by atoms with Crippen LogP contribution in [0.25, 0.3) is 0 Å². The van der Waals surface area contributed by atoms with Crippen molar-refractivity contribution in [3.8, 4) is 0 Å². The number of rotatable bonds is 6. The van der Waals surface area contributed by atoms with Gasteiger partial charge in [0.2, 0.25) is 5.91 Å². The van der Waals surface area contributed by atoms with E-state index in [9.17, 15) is 4.79 Å². The first-order valence-electron chi connectivity index (χ1n) is 10.8. The van der Waals surface area contributed by atoms with Crippen LogP contribution in [0, 0.1) is 0 Å². The van der Waals surface area contributed by atoms with Crippen molar-refractivity contribution < 1.29 is 9.53 Å². The van der Waals surface area contributed by atoms with Crippen molar-refractivity contribution in [1.82, 2.24) is 25.0 Å². The van der Waals surface area contributed by atoms with Gasteiger partial charge in [-0.25, -0.2) is 0 Å². The van der Waals surface area contributed by atoms with E-state index in [0.717, 1.165) is 89.4 Å². The van der Waals surface area contributed by atoms with Crippen LogP contribution in [0.3, 0.4) is 0 Å². The number of nitrogens with one attached hydrogen (secondary N) is 1. The zero-order valence-electron chi connectivity index (χ0n) is 16.4. The van der Waals surface area contributed by atoms with Crippen molar-refractivity contribution in [3.63, 3.8) is 0 Å². The fourth-order valence-electron chi connectivity index (χ4n) is 4.83. The average molecular weight is 376 g/mol. The molecule has 4 rings (SSSR count). The normalized spacial score (nSPS) is 24.5. The Morgan fingerprint density at radius 2 is 1.96 bits per heavy atom. The fourth-order valence-corrected chi connectivity index (χ4v) is 4.83. The molecule has 1 unspecified atom stereocenters. The van der Waals surface area contributed by atoms with Gasteiger partial charge in [0.1, 0.15) is 11.6 Å². The molecule has 1 aromatic rings. The summed E-state index contributed by atoms with van der Waals surface area (Å²) in [4.78, 5) is 15.1. The van der Waals surface area contributed by atoms with E-state index in [2.05, 4.69) is 25.0 Å². The summed E-state index contributed by atoms with van der Waals surface area (Å²) in [6.07, 6.45) is 10.8. The Balaban J connectivity index is 1.23. The summed E-state index contributed by atoms with van der Waals surface area (Å²) in [5, 5.41) is 11.9. The third-order valence-electron chi connectivity index (χ3n) is 6.32. The first-order chi connectivity index (χ1) is 13.3. The molecule has 1 aromatic heterocycles.